The predicted molar refractivity (Wildman–Crippen MR) is 64.7 cm³/mol. The lowest BCUT2D eigenvalue weighted by Crippen LogP contribution is -2.43. The second kappa shape index (κ2) is 5.66. The maximum absolute atomic E-state index is 11.5. The van der Waals surface area contributed by atoms with Crippen LogP contribution in [0.4, 0.5) is 4.79 Å². The molecule has 5 heteroatoms. The monoisotopic (exact) mass is 249 g/mol. The number of benzene rings is 1. The Kier molecular flexibility index (Phi) is 3.96. The van der Waals surface area contributed by atoms with E-state index in [1.165, 1.54) is 6.08 Å². The van der Waals surface area contributed by atoms with Gasteiger partial charge in [-0.1, -0.05) is 42.5 Å². The molecule has 1 aliphatic carbocycles. The Morgan fingerprint density at radius 2 is 1.94 bits per heavy atom. The van der Waals surface area contributed by atoms with Gasteiger partial charge < -0.3 is 20.3 Å². The van der Waals surface area contributed by atoms with E-state index in [0.29, 0.717) is 0 Å². The van der Waals surface area contributed by atoms with Crippen LogP contribution >= 0.6 is 0 Å². The van der Waals surface area contributed by atoms with Gasteiger partial charge in [0.2, 0.25) is 0 Å². The molecule has 0 saturated carbocycles. The van der Waals surface area contributed by atoms with Crippen molar-refractivity contribution in [3.05, 3.63) is 48.0 Å². The molecule has 0 saturated heterocycles. The van der Waals surface area contributed by atoms with Gasteiger partial charge in [0, 0.05) is 0 Å². The molecule has 0 fully saturated rings. The normalized spacial score (nSPS) is 26.0. The second-order valence-corrected chi connectivity index (χ2v) is 4.10. The zero-order valence-electron chi connectivity index (χ0n) is 9.69. The van der Waals surface area contributed by atoms with Crippen molar-refractivity contribution in [2.45, 2.75) is 24.9 Å². The average Bonchev–Trinajstić information content (AvgIpc) is 2.70. The summed E-state index contributed by atoms with van der Waals surface area (Å²) in [6, 6.07) is 8.68. The summed E-state index contributed by atoms with van der Waals surface area (Å²) in [5.41, 5.74) is 0.884. The van der Waals surface area contributed by atoms with Gasteiger partial charge in [0.25, 0.3) is 0 Å². The molecule has 0 radical (unpaired) electrons. The Balaban J connectivity index is 1.78. The maximum atomic E-state index is 11.5. The summed E-state index contributed by atoms with van der Waals surface area (Å²) >= 11 is 0. The van der Waals surface area contributed by atoms with E-state index in [1.54, 1.807) is 6.08 Å². The first-order chi connectivity index (χ1) is 8.66. The van der Waals surface area contributed by atoms with Crippen LogP contribution in [0.15, 0.2) is 42.5 Å². The SMILES string of the molecule is O=C(N[C@H]1C=C[C@H](O)[C@H]1O)OCc1ccccc1. The molecule has 96 valence electrons. The third kappa shape index (κ3) is 3.09. The van der Waals surface area contributed by atoms with Crippen LogP contribution in [0.5, 0.6) is 0 Å². The number of carbonyl (C=O) groups is 1. The van der Waals surface area contributed by atoms with Gasteiger partial charge in [-0.3, -0.25) is 0 Å². The summed E-state index contributed by atoms with van der Waals surface area (Å²) in [6.45, 7) is 0.168. The third-order valence-corrected chi connectivity index (χ3v) is 2.73. The second-order valence-electron chi connectivity index (χ2n) is 4.10. The van der Waals surface area contributed by atoms with E-state index in [4.69, 9.17) is 4.74 Å². The van der Waals surface area contributed by atoms with Gasteiger partial charge >= 0.3 is 6.09 Å². The lowest BCUT2D eigenvalue weighted by atomic mass is 10.2. The quantitative estimate of drug-likeness (QED) is 0.684. The van der Waals surface area contributed by atoms with E-state index in [1.807, 2.05) is 30.3 Å². The van der Waals surface area contributed by atoms with E-state index >= 15 is 0 Å². The summed E-state index contributed by atoms with van der Waals surface area (Å²) in [5, 5.41) is 21.2. The van der Waals surface area contributed by atoms with Crippen LogP contribution in [0, 0.1) is 0 Å². The summed E-state index contributed by atoms with van der Waals surface area (Å²) in [6.07, 6.45) is 0.395. The van der Waals surface area contributed by atoms with Gasteiger partial charge in [-0.05, 0) is 5.56 Å². The molecule has 2 rings (SSSR count). The van der Waals surface area contributed by atoms with E-state index in [0.717, 1.165) is 5.56 Å². The fourth-order valence-electron chi connectivity index (χ4n) is 1.71. The van der Waals surface area contributed by atoms with Crippen molar-refractivity contribution in [2.75, 3.05) is 0 Å². The fraction of sp³-hybridized carbons (Fsp3) is 0.308. The summed E-state index contributed by atoms with van der Waals surface area (Å²) in [5.74, 6) is 0. The molecule has 18 heavy (non-hydrogen) atoms. The highest BCUT2D eigenvalue weighted by atomic mass is 16.5. The minimum atomic E-state index is -1.02. The number of hydrogen-bond acceptors (Lipinski definition) is 4. The molecule has 0 unspecified atom stereocenters. The third-order valence-electron chi connectivity index (χ3n) is 2.73. The molecule has 0 bridgehead atoms. The van der Waals surface area contributed by atoms with Crippen LogP contribution in [-0.4, -0.2) is 34.6 Å². The Morgan fingerprint density at radius 3 is 2.56 bits per heavy atom. The van der Waals surface area contributed by atoms with E-state index in [9.17, 15) is 15.0 Å². The number of rotatable bonds is 3. The van der Waals surface area contributed by atoms with E-state index in [-0.39, 0.29) is 6.61 Å². The zero-order chi connectivity index (χ0) is 13.0. The fourth-order valence-corrected chi connectivity index (χ4v) is 1.71. The standard InChI is InChI=1S/C13H15NO4/c15-11-7-6-10(12(11)16)14-13(17)18-8-9-4-2-1-3-5-9/h1-7,10-12,15-16H,8H2,(H,14,17)/t10-,11-,12-/m0/s1. The highest BCUT2D eigenvalue weighted by Gasteiger charge is 2.29. The van der Waals surface area contributed by atoms with Crippen molar-refractivity contribution in [2.24, 2.45) is 0 Å². The van der Waals surface area contributed by atoms with E-state index in [2.05, 4.69) is 5.32 Å². The number of ether oxygens (including phenoxy) is 1. The van der Waals surface area contributed by atoms with Gasteiger partial charge in [-0.2, -0.15) is 0 Å². The molecule has 0 spiro atoms. The lowest BCUT2D eigenvalue weighted by Gasteiger charge is -2.17. The lowest BCUT2D eigenvalue weighted by molar-refractivity contribution is 0.0422. The zero-order valence-corrected chi connectivity index (χ0v) is 9.69. The number of carbonyl (C=O) groups excluding carboxylic acids is 1. The van der Waals surface area contributed by atoms with Crippen LogP contribution in [0.25, 0.3) is 0 Å². The molecule has 1 aromatic carbocycles. The molecule has 3 atom stereocenters. The summed E-state index contributed by atoms with van der Waals surface area (Å²) < 4.78 is 5.00. The minimum Gasteiger partial charge on any atom is -0.445 e. The molecule has 0 heterocycles. The molecule has 1 aromatic rings. The minimum absolute atomic E-state index is 0.168. The Hall–Kier alpha value is -1.85. The number of nitrogens with one attached hydrogen (secondary N) is 1. The van der Waals surface area contributed by atoms with E-state index < -0.39 is 24.3 Å². The highest BCUT2D eigenvalue weighted by Crippen LogP contribution is 2.11. The van der Waals surface area contributed by atoms with Crippen LogP contribution in [0.3, 0.4) is 0 Å². The van der Waals surface area contributed by atoms with Crippen molar-refractivity contribution in [1.29, 1.82) is 0 Å². The number of aliphatic hydroxyl groups is 2. The molecule has 5 nitrogen and oxygen atoms in total. The van der Waals surface area contributed by atoms with Crippen LogP contribution in [-0.2, 0) is 11.3 Å². The van der Waals surface area contributed by atoms with Crippen LogP contribution < -0.4 is 5.32 Å². The molecule has 3 N–H and O–H groups in total. The molecule has 0 aromatic heterocycles. The van der Waals surface area contributed by atoms with Gasteiger partial charge in [-0.15, -0.1) is 0 Å². The van der Waals surface area contributed by atoms with Crippen molar-refractivity contribution in [3.8, 4) is 0 Å². The summed E-state index contributed by atoms with van der Waals surface area (Å²) in [4.78, 5) is 11.5. The Labute approximate surface area is 105 Å². The Bertz CT molecular complexity index is 432. The number of amides is 1. The molecule has 1 amide bonds. The highest BCUT2D eigenvalue weighted by molar-refractivity contribution is 5.68. The topological polar surface area (TPSA) is 78.8 Å². The van der Waals surface area contributed by atoms with Crippen molar-refractivity contribution in [1.82, 2.24) is 5.32 Å². The van der Waals surface area contributed by atoms with Gasteiger partial charge in [-0.25, -0.2) is 4.79 Å². The Morgan fingerprint density at radius 1 is 1.22 bits per heavy atom. The average molecular weight is 249 g/mol. The summed E-state index contributed by atoms with van der Waals surface area (Å²) in [7, 11) is 0. The number of aliphatic hydroxyl groups excluding tert-OH is 2. The number of alkyl carbamates (subject to hydrolysis) is 1. The largest absolute Gasteiger partial charge is 0.445 e. The van der Waals surface area contributed by atoms with Crippen molar-refractivity contribution in [3.63, 3.8) is 0 Å². The van der Waals surface area contributed by atoms with Crippen LogP contribution in [0.2, 0.25) is 0 Å². The first-order valence-corrected chi connectivity index (χ1v) is 5.68. The molecule has 0 aliphatic heterocycles. The molecular formula is C13H15NO4. The van der Waals surface area contributed by atoms with Gasteiger partial charge in [0.15, 0.2) is 0 Å². The van der Waals surface area contributed by atoms with Gasteiger partial charge in [0.1, 0.15) is 18.8 Å². The first kappa shape index (κ1) is 12.6. The maximum Gasteiger partial charge on any atom is 0.408 e. The molecule has 1 aliphatic rings. The van der Waals surface area contributed by atoms with Crippen LogP contribution in [0.1, 0.15) is 5.56 Å². The number of hydrogen-bond donors (Lipinski definition) is 3. The van der Waals surface area contributed by atoms with Gasteiger partial charge in [0.05, 0.1) is 6.04 Å². The smallest absolute Gasteiger partial charge is 0.408 e. The predicted octanol–water partition coefficient (Wildman–Crippen LogP) is 0.573. The van der Waals surface area contributed by atoms with Crippen molar-refractivity contribution < 1.29 is 19.7 Å². The van der Waals surface area contributed by atoms with Crippen molar-refractivity contribution >= 4 is 6.09 Å². The first-order valence-electron chi connectivity index (χ1n) is 5.68. The molecular weight excluding hydrogens is 234 g/mol.